The lowest BCUT2D eigenvalue weighted by Crippen LogP contribution is -2.32. The molecule has 0 atom stereocenters. The fourth-order valence-electron chi connectivity index (χ4n) is 1.80. The minimum Gasteiger partial charge on any atom is -0.444 e. The van der Waals surface area contributed by atoms with E-state index in [9.17, 15) is 13.6 Å². The summed E-state index contributed by atoms with van der Waals surface area (Å²) in [4.78, 5) is 11.4. The first-order valence-corrected chi connectivity index (χ1v) is 9.65. The Balaban J connectivity index is 0.000000567. The molecule has 0 spiro atoms. The van der Waals surface area contributed by atoms with Crippen LogP contribution in [0.1, 0.15) is 31.9 Å². The van der Waals surface area contributed by atoms with Gasteiger partial charge in [0.25, 0.3) is 0 Å². The SMILES string of the molecule is CC(C)(C)OC(=O)NCc1ccc(F)c(Br)c1.Cl.NCc1ccc(F)c(Br)c1. The Morgan fingerprint density at radius 2 is 1.50 bits per heavy atom. The van der Waals surface area contributed by atoms with E-state index in [2.05, 4.69) is 37.2 Å². The number of carbonyl (C=O) groups excluding carboxylic acids is 1. The first-order chi connectivity index (χ1) is 12.5. The van der Waals surface area contributed by atoms with Gasteiger partial charge in [-0.1, -0.05) is 12.1 Å². The normalized spacial score (nSPS) is 10.3. The highest BCUT2D eigenvalue weighted by Gasteiger charge is 2.15. The van der Waals surface area contributed by atoms with Gasteiger partial charge in [0.2, 0.25) is 0 Å². The molecular weight excluding hydrogens is 521 g/mol. The number of hydrogen-bond acceptors (Lipinski definition) is 3. The van der Waals surface area contributed by atoms with Crippen molar-refractivity contribution >= 4 is 50.4 Å². The number of benzene rings is 2. The van der Waals surface area contributed by atoms with E-state index in [4.69, 9.17) is 10.5 Å². The number of hydrogen-bond donors (Lipinski definition) is 2. The van der Waals surface area contributed by atoms with Crippen molar-refractivity contribution in [2.45, 2.75) is 39.5 Å². The van der Waals surface area contributed by atoms with Crippen molar-refractivity contribution in [2.24, 2.45) is 5.73 Å². The summed E-state index contributed by atoms with van der Waals surface area (Å²) in [7, 11) is 0. The zero-order chi connectivity index (χ0) is 20.6. The topological polar surface area (TPSA) is 64.3 Å². The van der Waals surface area contributed by atoms with Crippen molar-refractivity contribution in [3.8, 4) is 0 Å². The van der Waals surface area contributed by atoms with E-state index in [1.165, 1.54) is 12.1 Å². The molecule has 2 rings (SSSR count). The Morgan fingerprint density at radius 1 is 1.04 bits per heavy atom. The third-order valence-corrected chi connectivity index (χ3v) is 4.25. The number of carbonyl (C=O) groups is 1. The minimum absolute atomic E-state index is 0. The predicted octanol–water partition coefficient (Wildman–Crippen LogP) is 6.08. The van der Waals surface area contributed by atoms with Gasteiger partial charge in [-0.05, 0) is 88.0 Å². The second-order valence-corrected chi connectivity index (χ2v) is 8.27. The molecular formula is C19H23Br2ClF2N2O2. The van der Waals surface area contributed by atoms with Gasteiger partial charge in [-0.2, -0.15) is 0 Å². The Labute approximate surface area is 186 Å². The molecule has 0 unspecified atom stereocenters. The number of ether oxygens (including phenoxy) is 1. The zero-order valence-electron chi connectivity index (χ0n) is 15.7. The maximum absolute atomic E-state index is 13.0. The first kappa shape index (κ1) is 26.8. The molecule has 1 amide bonds. The summed E-state index contributed by atoms with van der Waals surface area (Å²) in [5.41, 5.74) is 6.52. The third-order valence-electron chi connectivity index (χ3n) is 3.04. The van der Waals surface area contributed by atoms with Crippen LogP contribution in [0.5, 0.6) is 0 Å². The molecule has 0 aliphatic rings. The third kappa shape index (κ3) is 10.4. The van der Waals surface area contributed by atoms with Crippen LogP contribution in [-0.2, 0) is 17.8 Å². The predicted molar refractivity (Wildman–Crippen MR) is 116 cm³/mol. The number of nitrogens with two attached hydrogens (primary N) is 1. The monoisotopic (exact) mass is 542 g/mol. The van der Waals surface area contributed by atoms with Gasteiger partial charge < -0.3 is 15.8 Å². The highest BCUT2D eigenvalue weighted by Crippen LogP contribution is 2.17. The average Bonchev–Trinajstić information content (AvgIpc) is 2.57. The molecule has 0 saturated carbocycles. The minimum atomic E-state index is -0.520. The second kappa shape index (κ2) is 12.4. The molecule has 0 radical (unpaired) electrons. The van der Waals surface area contributed by atoms with Gasteiger partial charge in [0.05, 0.1) is 8.95 Å². The van der Waals surface area contributed by atoms with E-state index in [1.54, 1.807) is 45.0 Å². The van der Waals surface area contributed by atoms with Crippen molar-refractivity contribution < 1.29 is 18.3 Å². The standard InChI is InChI=1S/C12H15BrFNO2.C7H7BrFN.ClH/c1-12(2,3)17-11(16)15-7-8-4-5-10(14)9(13)6-8;8-6-3-5(4-10)1-2-7(6)9;/h4-6H,7H2,1-3H3,(H,15,16);1-3H,4,10H2;1H. The van der Waals surface area contributed by atoms with Crippen molar-refractivity contribution in [2.75, 3.05) is 0 Å². The number of halogens is 5. The Hall–Kier alpha value is -1.22. The van der Waals surface area contributed by atoms with Crippen LogP contribution in [0.25, 0.3) is 0 Å². The molecule has 156 valence electrons. The summed E-state index contributed by atoms with van der Waals surface area (Å²) in [5, 5.41) is 2.60. The van der Waals surface area contributed by atoms with Crippen LogP contribution in [0, 0.1) is 11.6 Å². The fourth-order valence-corrected chi connectivity index (χ4v) is 2.66. The first-order valence-electron chi connectivity index (χ1n) is 8.06. The number of rotatable bonds is 3. The van der Waals surface area contributed by atoms with Gasteiger partial charge >= 0.3 is 6.09 Å². The smallest absolute Gasteiger partial charge is 0.407 e. The quantitative estimate of drug-likeness (QED) is 0.492. The lowest BCUT2D eigenvalue weighted by Gasteiger charge is -2.19. The molecule has 0 heterocycles. The van der Waals surface area contributed by atoms with E-state index < -0.39 is 11.7 Å². The van der Waals surface area contributed by atoms with Crippen LogP contribution < -0.4 is 11.1 Å². The molecule has 2 aromatic rings. The summed E-state index contributed by atoms with van der Waals surface area (Å²) in [6.45, 7) is 6.12. The average molecular weight is 545 g/mol. The molecule has 2 aromatic carbocycles. The summed E-state index contributed by atoms with van der Waals surface area (Å²) >= 11 is 6.14. The van der Waals surface area contributed by atoms with Gasteiger partial charge in [-0.25, -0.2) is 13.6 Å². The molecule has 0 aliphatic heterocycles. The van der Waals surface area contributed by atoms with Crippen molar-refractivity contribution in [3.05, 3.63) is 68.1 Å². The van der Waals surface area contributed by atoms with Gasteiger partial charge in [-0.3, -0.25) is 0 Å². The van der Waals surface area contributed by atoms with Crippen molar-refractivity contribution in [1.82, 2.24) is 5.32 Å². The summed E-state index contributed by atoms with van der Waals surface area (Å²) < 4.78 is 31.4. The van der Waals surface area contributed by atoms with Crippen LogP contribution in [0.3, 0.4) is 0 Å². The zero-order valence-corrected chi connectivity index (χ0v) is 19.7. The van der Waals surface area contributed by atoms with E-state index in [-0.39, 0.29) is 24.0 Å². The van der Waals surface area contributed by atoms with Crippen LogP contribution in [0.4, 0.5) is 13.6 Å². The van der Waals surface area contributed by atoms with E-state index in [1.807, 2.05) is 0 Å². The van der Waals surface area contributed by atoms with Crippen molar-refractivity contribution in [1.29, 1.82) is 0 Å². The molecule has 9 heteroatoms. The highest BCUT2D eigenvalue weighted by molar-refractivity contribution is 9.10. The second-order valence-electron chi connectivity index (χ2n) is 6.56. The number of nitrogens with one attached hydrogen (secondary N) is 1. The van der Waals surface area contributed by atoms with E-state index in [0.29, 0.717) is 22.0 Å². The summed E-state index contributed by atoms with van der Waals surface area (Å²) in [6, 6.07) is 9.31. The molecule has 28 heavy (non-hydrogen) atoms. The van der Waals surface area contributed by atoms with Crippen LogP contribution in [0.15, 0.2) is 45.3 Å². The maximum Gasteiger partial charge on any atom is 0.407 e. The van der Waals surface area contributed by atoms with Gasteiger partial charge in [-0.15, -0.1) is 12.4 Å². The lowest BCUT2D eigenvalue weighted by atomic mass is 10.2. The molecule has 4 nitrogen and oxygen atoms in total. The number of amides is 1. The molecule has 0 bridgehead atoms. The Morgan fingerprint density at radius 3 is 1.93 bits per heavy atom. The lowest BCUT2D eigenvalue weighted by molar-refractivity contribution is 0.0523. The fraction of sp³-hybridized carbons (Fsp3) is 0.316. The Kier molecular flexibility index (Phi) is 11.8. The molecule has 0 aliphatic carbocycles. The highest BCUT2D eigenvalue weighted by atomic mass is 79.9. The van der Waals surface area contributed by atoms with Crippen LogP contribution in [-0.4, -0.2) is 11.7 Å². The van der Waals surface area contributed by atoms with Crippen LogP contribution in [0.2, 0.25) is 0 Å². The Bertz CT molecular complexity index is 787. The van der Waals surface area contributed by atoms with Crippen molar-refractivity contribution in [3.63, 3.8) is 0 Å². The van der Waals surface area contributed by atoms with Crippen LogP contribution >= 0.6 is 44.3 Å². The molecule has 0 saturated heterocycles. The van der Waals surface area contributed by atoms with Gasteiger partial charge in [0.15, 0.2) is 0 Å². The molecule has 0 fully saturated rings. The molecule has 0 aromatic heterocycles. The van der Waals surface area contributed by atoms with Gasteiger partial charge in [0, 0.05) is 13.1 Å². The maximum atomic E-state index is 13.0. The van der Waals surface area contributed by atoms with E-state index in [0.717, 1.165) is 11.1 Å². The summed E-state index contributed by atoms with van der Waals surface area (Å²) in [6.07, 6.45) is -0.488. The largest absolute Gasteiger partial charge is 0.444 e. The number of alkyl carbamates (subject to hydrolysis) is 1. The molecule has 3 N–H and O–H groups in total. The summed E-state index contributed by atoms with van der Waals surface area (Å²) in [5.74, 6) is -0.580. The van der Waals surface area contributed by atoms with Gasteiger partial charge in [0.1, 0.15) is 17.2 Å². The van der Waals surface area contributed by atoms with E-state index >= 15 is 0 Å².